The summed E-state index contributed by atoms with van der Waals surface area (Å²) in [6, 6.07) is 25.4. The highest BCUT2D eigenvalue weighted by Gasteiger charge is 2.11. The molecule has 31 heavy (non-hydrogen) atoms. The second kappa shape index (κ2) is 8.83. The Morgan fingerprint density at radius 2 is 1.58 bits per heavy atom. The van der Waals surface area contributed by atoms with E-state index in [1.165, 1.54) is 18.3 Å². The number of amides is 1. The van der Waals surface area contributed by atoms with Crippen LogP contribution in [0, 0.1) is 10.1 Å². The number of hydrogen-bond donors (Lipinski definition) is 2. The van der Waals surface area contributed by atoms with Gasteiger partial charge in [-0.25, -0.2) is 5.43 Å². The Kier molecular flexibility index (Phi) is 5.62. The van der Waals surface area contributed by atoms with Crippen molar-refractivity contribution in [2.24, 2.45) is 5.10 Å². The van der Waals surface area contributed by atoms with Crippen LogP contribution in [-0.4, -0.2) is 27.2 Å². The number of aromatic amines is 1. The molecule has 0 spiro atoms. The van der Waals surface area contributed by atoms with Crippen LogP contribution < -0.4 is 5.43 Å². The molecule has 2 N–H and O–H groups in total. The van der Waals surface area contributed by atoms with Gasteiger partial charge in [-0.2, -0.15) is 10.2 Å². The molecule has 0 unspecified atom stereocenters. The van der Waals surface area contributed by atoms with Gasteiger partial charge in [0.15, 0.2) is 0 Å². The van der Waals surface area contributed by atoms with Gasteiger partial charge in [0.05, 0.1) is 16.8 Å². The number of hydrazone groups is 1. The first kappa shape index (κ1) is 19.7. The fraction of sp³-hybridized carbons (Fsp3) is 0. The molecule has 0 fully saturated rings. The zero-order valence-corrected chi connectivity index (χ0v) is 16.2. The van der Waals surface area contributed by atoms with Crippen LogP contribution in [0.25, 0.3) is 22.4 Å². The maximum absolute atomic E-state index is 12.3. The zero-order valence-electron chi connectivity index (χ0n) is 16.2. The monoisotopic (exact) mass is 411 g/mol. The largest absolute Gasteiger partial charge is 0.289 e. The van der Waals surface area contributed by atoms with Gasteiger partial charge in [-0.3, -0.25) is 20.0 Å². The molecule has 0 atom stereocenters. The van der Waals surface area contributed by atoms with Gasteiger partial charge < -0.3 is 0 Å². The van der Waals surface area contributed by atoms with Crippen LogP contribution in [0.1, 0.15) is 16.1 Å². The molecule has 0 saturated heterocycles. The average Bonchev–Trinajstić information content (AvgIpc) is 3.31. The molecule has 3 aromatic carbocycles. The van der Waals surface area contributed by atoms with Crippen molar-refractivity contribution in [2.75, 3.05) is 0 Å². The van der Waals surface area contributed by atoms with Crippen molar-refractivity contribution in [2.45, 2.75) is 0 Å². The summed E-state index contributed by atoms with van der Waals surface area (Å²) >= 11 is 0. The maximum Gasteiger partial charge on any atom is 0.289 e. The standard InChI is InChI=1S/C23H17N5O3/c29-23(27-24-15-16-6-12-20(13-7-16)28(30)31)22-14-21(25-26-22)19-10-8-18(9-11-19)17-4-2-1-3-5-17/h1-15H,(H,25,26)(H,27,29). The number of rotatable bonds is 6. The summed E-state index contributed by atoms with van der Waals surface area (Å²) < 4.78 is 0. The minimum absolute atomic E-state index is 0.0111. The Hall–Kier alpha value is -4.59. The van der Waals surface area contributed by atoms with Crippen LogP contribution in [0.2, 0.25) is 0 Å². The smallest absolute Gasteiger partial charge is 0.272 e. The lowest BCUT2D eigenvalue weighted by molar-refractivity contribution is -0.384. The number of H-pyrrole nitrogens is 1. The Morgan fingerprint density at radius 3 is 2.26 bits per heavy atom. The van der Waals surface area contributed by atoms with Crippen molar-refractivity contribution >= 4 is 17.8 Å². The van der Waals surface area contributed by atoms with E-state index < -0.39 is 10.8 Å². The summed E-state index contributed by atoms with van der Waals surface area (Å²) in [4.78, 5) is 22.5. The average molecular weight is 411 g/mol. The molecule has 8 heteroatoms. The fourth-order valence-electron chi connectivity index (χ4n) is 2.96. The van der Waals surface area contributed by atoms with Crippen LogP contribution in [0.3, 0.4) is 0 Å². The molecule has 8 nitrogen and oxygen atoms in total. The number of nitro groups is 1. The first-order chi connectivity index (χ1) is 15.1. The molecule has 0 bridgehead atoms. The van der Waals surface area contributed by atoms with Crippen LogP contribution >= 0.6 is 0 Å². The normalized spacial score (nSPS) is 10.8. The van der Waals surface area contributed by atoms with Crippen molar-refractivity contribution in [1.29, 1.82) is 0 Å². The van der Waals surface area contributed by atoms with Gasteiger partial charge >= 0.3 is 0 Å². The highest BCUT2D eigenvalue weighted by Crippen LogP contribution is 2.24. The van der Waals surface area contributed by atoms with E-state index in [4.69, 9.17) is 0 Å². The molecule has 0 saturated carbocycles. The molecule has 4 aromatic rings. The summed E-state index contributed by atoms with van der Waals surface area (Å²) in [7, 11) is 0. The van der Waals surface area contributed by atoms with E-state index in [2.05, 4.69) is 20.7 Å². The van der Waals surface area contributed by atoms with Crippen LogP contribution in [0.4, 0.5) is 5.69 Å². The van der Waals surface area contributed by atoms with Gasteiger partial charge in [0.1, 0.15) is 5.69 Å². The maximum atomic E-state index is 12.3. The molecule has 4 rings (SSSR count). The topological polar surface area (TPSA) is 113 Å². The molecule has 152 valence electrons. The number of nitro benzene ring substituents is 1. The number of carbonyl (C=O) groups excluding carboxylic acids is 1. The lowest BCUT2D eigenvalue weighted by atomic mass is 10.0. The first-order valence-corrected chi connectivity index (χ1v) is 9.39. The van der Waals surface area contributed by atoms with E-state index in [1.807, 2.05) is 54.6 Å². The molecule has 0 radical (unpaired) electrons. The van der Waals surface area contributed by atoms with Gasteiger partial charge in [0.25, 0.3) is 11.6 Å². The highest BCUT2D eigenvalue weighted by molar-refractivity contribution is 5.94. The minimum Gasteiger partial charge on any atom is -0.272 e. The SMILES string of the molecule is O=C(NN=Cc1ccc([N+](=O)[O-])cc1)c1cc(-c2ccc(-c3ccccc3)cc2)n[nH]1. The van der Waals surface area contributed by atoms with E-state index in [-0.39, 0.29) is 11.4 Å². The quantitative estimate of drug-likeness (QED) is 0.278. The van der Waals surface area contributed by atoms with E-state index in [9.17, 15) is 14.9 Å². The first-order valence-electron chi connectivity index (χ1n) is 9.39. The summed E-state index contributed by atoms with van der Waals surface area (Å²) in [6.45, 7) is 0. The number of aromatic nitrogens is 2. The van der Waals surface area contributed by atoms with Gasteiger partial charge in [-0.15, -0.1) is 0 Å². The van der Waals surface area contributed by atoms with Crippen molar-refractivity contribution in [3.05, 3.63) is 106 Å². The lowest BCUT2D eigenvalue weighted by Crippen LogP contribution is -2.17. The Morgan fingerprint density at radius 1 is 0.935 bits per heavy atom. The van der Waals surface area contributed by atoms with Gasteiger partial charge in [0.2, 0.25) is 0 Å². The number of nitrogens with one attached hydrogen (secondary N) is 2. The predicted molar refractivity (Wildman–Crippen MR) is 118 cm³/mol. The lowest BCUT2D eigenvalue weighted by Gasteiger charge is -2.02. The second-order valence-corrected chi connectivity index (χ2v) is 6.66. The molecular formula is C23H17N5O3. The van der Waals surface area contributed by atoms with Crippen molar-refractivity contribution < 1.29 is 9.72 Å². The van der Waals surface area contributed by atoms with Crippen molar-refractivity contribution in [1.82, 2.24) is 15.6 Å². The number of non-ortho nitro benzene ring substituents is 1. The van der Waals surface area contributed by atoms with Crippen LogP contribution in [-0.2, 0) is 0 Å². The van der Waals surface area contributed by atoms with Crippen LogP contribution in [0.15, 0.2) is 90.0 Å². The summed E-state index contributed by atoms with van der Waals surface area (Å²) in [5, 5.41) is 21.5. The summed E-state index contributed by atoms with van der Waals surface area (Å²) in [5.41, 5.74) is 7.03. The second-order valence-electron chi connectivity index (χ2n) is 6.66. The van der Waals surface area contributed by atoms with E-state index in [0.29, 0.717) is 11.3 Å². The van der Waals surface area contributed by atoms with Crippen LogP contribution in [0.5, 0.6) is 0 Å². The Balaban J connectivity index is 1.40. The van der Waals surface area contributed by atoms with Gasteiger partial charge in [-0.05, 0) is 34.9 Å². The number of hydrogen-bond acceptors (Lipinski definition) is 5. The van der Waals surface area contributed by atoms with Gasteiger partial charge in [0, 0.05) is 17.7 Å². The minimum atomic E-state index is -0.478. The fourth-order valence-corrected chi connectivity index (χ4v) is 2.96. The summed E-state index contributed by atoms with van der Waals surface area (Å²) in [6.07, 6.45) is 1.40. The number of carbonyl (C=O) groups is 1. The van der Waals surface area contributed by atoms with Crippen molar-refractivity contribution in [3.63, 3.8) is 0 Å². The number of nitrogens with zero attached hydrogens (tertiary/aromatic N) is 3. The molecule has 1 aromatic heterocycles. The van der Waals surface area contributed by atoms with E-state index in [0.717, 1.165) is 16.7 Å². The Bertz CT molecular complexity index is 1230. The van der Waals surface area contributed by atoms with E-state index in [1.54, 1.807) is 18.2 Å². The van der Waals surface area contributed by atoms with Gasteiger partial charge in [-0.1, -0.05) is 54.6 Å². The third-order valence-electron chi connectivity index (χ3n) is 4.59. The van der Waals surface area contributed by atoms with E-state index >= 15 is 0 Å². The number of benzene rings is 3. The van der Waals surface area contributed by atoms with Crippen molar-refractivity contribution in [3.8, 4) is 22.4 Å². The third-order valence-corrected chi connectivity index (χ3v) is 4.59. The molecule has 0 aliphatic carbocycles. The molecular weight excluding hydrogens is 394 g/mol. The Labute approximate surface area is 177 Å². The molecule has 1 heterocycles. The third kappa shape index (κ3) is 4.70. The zero-order chi connectivity index (χ0) is 21.6. The molecule has 0 aliphatic rings. The molecule has 1 amide bonds. The summed E-state index contributed by atoms with van der Waals surface area (Å²) in [5.74, 6) is -0.446. The molecule has 0 aliphatic heterocycles. The highest BCUT2D eigenvalue weighted by atomic mass is 16.6. The predicted octanol–water partition coefficient (Wildman–Crippen LogP) is 4.42.